The van der Waals surface area contributed by atoms with Crippen LogP contribution in [0.25, 0.3) is 16.9 Å². The Hall–Kier alpha value is -2.89. The van der Waals surface area contributed by atoms with Gasteiger partial charge >= 0.3 is 0 Å². The van der Waals surface area contributed by atoms with Gasteiger partial charge in [0, 0.05) is 18.2 Å². The molecule has 1 aromatic carbocycles. The van der Waals surface area contributed by atoms with Crippen LogP contribution in [-0.2, 0) is 0 Å². The number of amides is 1. The molecule has 0 spiro atoms. The second-order valence-corrected chi connectivity index (χ2v) is 6.90. The molecule has 0 atom stereocenters. The molecule has 6 nitrogen and oxygen atoms in total. The van der Waals surface area contributed by atoms with Gasteiger partial charge < -0.3 is 10.4 Å². The molecule has 24 heavy (non-hydrogen) atoms. The third kappa shape index (κ3) is 3.22. The van der Waals surface area contributed by atoms with E-state index in [1.807, 2.05) is 51.1 Å². The van der Waals surface area contributed by atoms with E-state index in [0.29, 0.717) is 23.4 Å². The summed E-state index contributed by atoms with van der Waals surface area (Å²) in [6, 6.07) is 11.0. The summed E-state index contributed by atoms with van der Waals surface area (Å²) in [5, 5.41) is 17.1. The van der Waals surface area contributed by atoms with Crippen LogP contribution < -0.4 is 5.32 Å². The fourth-order valence-electron chi connectivity index (χ4n) is 2.30. The van der Waals surface area contributed by atoms with Crippen LogP contribution in [0, 0.1) is 5.41 Å². The second kappa shape index (κ2) is 5.96. The van der Waals surface area contributed by atoms with Gasteiger partial charge in [0.25, 0.3) is 5.91 Å². The lowest BCUT2D eigenvalue weighted by atomic mass is 9.97. The summed E-state index contributed by atoms with van der Waals surface area (Å²) >= 11 is 0. The summed E-state index contributed by atoms with van der Waals surface area (Å²) in [5.41, 5.74) is 2.10. The van der Waals surface area contributed by atoms with E-state index in [4.69, 9.17) is 0 Å². The van der Waals surface area contributed by atoms with Crippen molar-refractivity contribution in [2.24, 2.45) is 5.41 Å². The molecule has 0 aliphatic heterocycles. The molecular formula is C18H20N4O2. The zero-order valence-corrected chi connectivity index (χ0v) is 13.9. The Bertz CT molecular complexity index is 879. The number of rotatable bonds is 3. The maximum Gasteiger partial charge on any atom is 0.256 e. The van der Waals surface area contributed by atoms with Crippen LogP contribution in [-0.4, -0.2) is 32.2 Å². The lowest BCUT2D eigenvalue weighted by molar-refractivity contribution is 0.0941. The van der Waals surface area contributed by atoms with E-state index in [9.17, 15) is 9.90 Å². The fourth-order valence-corrected chi connectivity index (χ4v) is 2.30. The Labute approximate surface area is 140 Å². The van der Waals surface area contributed by atoms with E-state index < -0.39 is 0 Å². The summed E-state index contributed by atoms with van der Waals surface area (Å²) < 4.78 is 1.26. The predicted molar refractivity (Wildman–Crippen MR) is 91.9 cm³/mol. The molecule has 1 amide bonds. The highest BCUT2D eigenvalue weighted by atomic mass is 16.3. The van der Waals surface area contributed by atoms with Crippen molar-refractivity contribution >= 4 is 11.6 Å². The van der Waals surface area contributed by atoms with Crippen molar-refractivity contribution in [1.82, 2.24) is 19.9 Å². The zero-order chi connectivity index (χ0) is 17.3. The molecule has 3 rings (SSSR count). The number of hydrogen-bond acceptors (Lipinski definition) is 4. The number of hydrogen-bond donors (Lipinski definition) is 2. The average molecular weight is 324 g/mol. The van der Waals surface area contributed by atoms with Gasteiger partial charge in [-0.25, -0.2) is 4.98 Å². The number of nitrogens with one attached hydrogen (secondary N) is 1. The van der Waals surface area contributed by atoms with Crippen molar-refractivity contribution in [2.45, 2.75) is 20.8 Å². The van der Waals surface area contributed by atoms with Gasteiger partial charge in [0.15, 0.2) is 5.65 Å². The molecule has 3 aromatic rings. The van der Waals surface area contributed by atoms with Gasteiger partial charge in [0.1, 0.15) is 5.56 Å². The summed E-state index contributed by atoms with van der Waals surface area (Å²) in [6.07, 6.45) is 1.43. The zero-order valence-electron chi connectivity index (χ0n) is 13.9. The fraction of sp³-hybridized carbons (Fsp3) is 0.278. The normalized spacial score (nSPS) is 11.6. The van der Waals surface area contributed by atoms with Crippen molar-refractivity contribution in [3.63, 3.8) is 0 Å². The van der Waals surface area contributed by atoms with Crippen molar-refractivity contribution in [1.29, 1.82) is 0 Å². The highest BCUT2D eigenvalue weighted by Crippen LogP contribution is 2.24. The number of fused-ring (bicyclic) bond motifs is 1. The van der Waals surface area contributed by atoms with Gasteiger partial charge in [0.05, 0.1) is 11.9 Å². The van der Waals surface area contributed by atoms with E-state index >= 15 is 0 Å². The number of benzene rings is 1. The summed E-state index contributed by atoms with van der Waals surface area (Å²) in [7, 11) is 0. The molecule has 0 bridgehead atoms. The minimum atomic E-state index is -0.253. The third-order valence-corrected chi connectivity index (χ3v) is 3.55. The second-order valence-electron chi connectivity index (χ2n) is 6.90. The number of aromatic nitrogens is 3. The Kier molecular flexibility index (Phi) is 3.97. The summed E-state index contributed by atoms with van der Waals surface area (Å²) in [5.74, 6) is -0.314. The van der Waals surface area contributed by atoms with Crippen LogP contribution in [0.4, 0.5) is 0 Å². The van der Waals surface area contributed by atoms with Gasteiger partial charge in [-0.1, -0.05) is 51.1 Å². The van der Waals surface area contributed by atoms with Crippen molar-refractivity contribution < 1.29 is 9.90 Å². The molecule has 6 heteroatoms. The molecule has 0 unspecified atom stereocenters. The highest BCUT2D eigenvalue weighted by Gasteiger charge is 2.19. The van der Waals surface area contributed by atoms with E-state index in [1.165, 1.54) is 16.8 Å². The van der Waals surface area contributed by atoms with E-state index in [1.54, 1.807) is 0 Å². The van der Waals surface area contributed by atoms with Gasteiger partial charge in [-0.05, 0) is 5.41 Å². The summed E-state index contributed by atoms with van der Waals surface area (Å²) in [6.45, 7) is 6.66. The maximum absolute atomic E-state index is 12.4. The Morgan fingerprint density at radius 2 is 1.96 bits per heavy atom. The minimum absolute atomic E-state index is 0.0244. The van der Waals surface area contributed by atoms with Crippen LogP contribution in [0.1, 0.15) is 31.1 Å². The van der Waals surface area contributed by atoms with Crippen LogP contribution in [0.3, 0.4) is 0 Å². The van der Waals surface area contributed by atoms with Crippen LogP contribution in [0.15, 0.2) is 42.6 Å². The molecule has 0 saturated heterocycles. The first kappa shape index (κ1) is 16.0. The smallest absolute Gasteiger partial charge is 0.256 e. The molecule has 2 heterocycles. The van der Waals surface area contributed by atoms with E-state index in [0.717, 1.165) is 5.56 Å². The quantitative estimate of drug-likeness (QED) is 0.776. The van der Waals surface area contributed by atoms with Gasteiger partial charge in [-0.3, -0.25) is 4.79 Å². The van der Waals surface area contributed by atoms with E-state index in [-0.39, 0.29) is 17.2 Å². The third-order valence-electron chi connectivity index (χ3n) is 3.55. The SMILES string of the molecule is CC(C)(C)CNC(=O)c1cnn2c(O)cc(-c3ccccc3)nc12. The van der Waals surface area contributed by atoms with Crippen molar-refractivity contribution in [3.05, 3.63) is 48.2 Å². The Balaban J connectivity index is 2.01. The first-order chi connectivity index (χ1) is 11.3. The Morgan fingerprint density at radius 3 is 2.62 bits per heavy atom. The molecule has 0 aliphatic carbocycles. The number of aromatic hydroxyl groups is 1. The van der Waals surface area contributed by atoms with Crippen LogP contribution >= 0.6 is 0 Å². The van der Waals surface area contributed by atoms with Crippen LogP contribution in [0.2, 0.25) is 0 Å². The van der Waals surface area contributed by atoms with Gasteiger partial charge in [0.2, 0.25) is 5.88 Å². The molecule has 0 radical (unpaired) electrons. The largest absolute Gasteiger partial charge is 0.493 e. The van der Waals surface area contributed by atoms with Crippen LogP contribution in [0.5, 0.6) is 5.88 Å². The number of carbonyl (C=O) groups excluding carboxylic acids is 1. The molecular weight excluding hydrogens is 304 g/mol. The first-order valence-corrected chi connectivity index (χ1v) is 7.76. The predicted octanol–water partition coefficient (Wildman–Crippen LogP) is 2.88. The van der Waals surface area contributed by atoms with Crippen molar-refractivity contribution in [2.75, 3.05) is 6.54 Å². The van der Waals surface area contributed by atoms with Gasteiger partial charge in [-0.2, -0.15) is 9.61 Å². The standard InChI is InChI=1S/C18H20N4O2/c1-18(2,3)11-19-17(24)13-10-20-22-15(23)9-14(21-16(13)22)12-7-5-4-6-8-12/h4-10,23H,11H2,1-3H3,(H,19,24). The highest BCUT2D eigenvalue weighted by molar-refractivity contribution is 6.00. The van der Waals surface area contributed by atoms with Crippen molar-refractivity contribution in [3.8, 4) is 17.1 Å². The monoisotopic (exact) mass is 324 g/mol. The van der Waals surface area contributed by atoms with Gasteiger partial charge in [-0.15, -0.1) is 0 Å². The topological polar surface area (TPSA) is 79.5 Å². The average Bonchev–Trinajstić information content (AvgIpc) is 2.97. The number of carbonyl (C=O) groups is 1. The minimum Gasteiger partial charge on any atom is -0.493 e. The lowest BCUT2D eigenvalue weighted by Crippen LogP contribution is -2.32. The molecule has 124 valence electrons. The molecule has 2 aromatic heterocycles. The van der Waals surface area contributed by atoms with E-state index in [2.05, 4.69) is 15.4 Å². The molecule has 0 saturated carbocycles. The number of nitrogens with zero attached hydrogens (tertiary/aromatic N) is 3. The maximum atomic E-state index is 12.4. The molecule has 0 aliphatic rings. The first-order valence-electron chi connectivity index (χ1n) is 7.76. The Morgan fingerprint density at radius 1 is 1.25 bits per heavy atom. The summed E-state index contributed by atoms with van der Waals surface area (Å²) in [4.78, 5) is 17.0. The molecule has 0 fully saturated rings. The lowest BCUT2D eigenvalue weighted by Gasteiger charge is -2.18. The molecule has 2 N–H and O–H groups in total.